The van der Waals surface area contributed by atoms with E-state index in [9.17, 15) is 14.4 Å². The van der Waals surface area contributed by atoms with Gasteiger partial charge in [-0.15, -0.1) is 6.58 Å². The van der Waals surface area contributed by atoms with Gasteiger partial charge in [0.2, 0.25) is 17.2 Å². The van der Waals surface area contributed by atoms with Crippen LogP contribution in [0.15, 0.2) is 90.0 Å². The second-order valence-electron chi connectivity index (χ2n) is 14.7. The number of ketones is 1. The predicted octanol–water partition coefficient (Wildman–Crippen LogP) is 9.38. The molecule has 0 aliphatic heterocycles. The van der Waals surface area contributed by atoms with Gasteiger partial charge in [0.15, 0.2) is 5.78 Å². The van der Waals surface area contributed by atoms with Gasteiger partial charge >= 0.3 is 12.1 Å². The van der Waals surface area contributed by atoms with Gasteiger partial charge in [0, 0.05) is 18.2 Å². The summed E-state index contributed by atoms with van der Waals surface area (Å²) in [5.74, 6) is 3.26. The van der Waals surface area contributed by atoms with Crippen LogP contribution in [-0.2, 0) is 19.1 Å². The summed E-state index contributed by atoms with van der Waals surface area (Å²) in [6.45, 7) is 23.4. The highest BCUT2D eigenvalue weighted by Gasteiger charge is 2.61. The second kappa shape index (κ2) is 23.1. The van der Waals surface area contributed by atoms with Crippen molar-refractivity contribution in [3.05, 3.63) is 95.3 Å². The smallest absolute Gasteiger partial charge is 0.407 e. The first-order chi connectivity index (χ1) is 27.6. The predicted molar refractivity (Wildman–Crippen MR) is 228 cm³/mol. The summed E-state index contributed by atoms with van der Waals surface area (Å²) in [6.07, 6.45) is 3.87. The van der Waals surface area contributed by atoms with Gasteiger partial charge in [-0.1, -0.05) is 49.8 Å². The zero-order valence-electron chi connectivity index (χ0n) is 35.2. The Morgan fingerprint density at radius 1 is 0.983 bits per heavy atom. The highest BCUT2D eigenvalue weighted by molar-refractivity contribution is 6.28. The molecule has 0 bridgehead atoms. The van der Waals surface area contributed by atoms with Crippen LogP contribution in [0.5, 0.6) is 17.2 Å². The topological polar surface area (TPSA) is 163 Å². The first-order valence-corrected chi connectivity index (χ1v) is 19.9. The number of anilines is 2. The number of hydrogen-bond donors (Lipinski definition) is 3. The SMILES string of the molecule is C=CCC1=C(C)C(OC(=O)C2C(C=C(C)C)C2(C)C)CC1=O.CCNc1nc(Cl)nc(NC(C)C)n1.CCOC(=O)NCCOc1ccc(Oc2ccccc2)cc1. The fourth-order valence-corrected chi connectivity index (χ4v) is 6.22. The first-order valence-electron chi connectivity index (χ1n) is 19.6. The Morgan fingerprint density at radius 3 is 2.22 bits per heavy atom. The molecule has 314 valence electrons. The van der Waals surface area contributed by atoms with Crippen LogP contribution in [0, 0.1) is 17.3 Å². The van der Waals surface area contributed by atoms with Crippen LogP contribution in [0.1, 0.15) is 75.2 Å². The Bertz CT molecular complexity index is 1880. The first kappa shape index (κ1) is 46.9. The zero-order chi connectivity index (χ0) is 42.8. The third kappa shape index (κ3) is 15.1. The molecule has 2 aliphatic rings. The number of halogens is 1. The Labute approximate surface area is 348 Å². The molecule has 0 saturated heterocycles. The molecule has 1 fully saturated rings. The number of ether oxygens (including phenoxy) is 4. The van der Waals surface area contributed by atoms with Crippen molar-refractivity contribution in [1.29, 1.82) is 0 Å². The minimum atomic E-state index is -0.433. The molecule has 0 spiro atoms. The van der Waals surface area contributed by atoms with E-state index in [4.69, 9.17) is 30.5 Å². The van der Waals surface area contributed by atoms with Crippen molar-refractivity contribution in [3.8, 4) is 17.2 Å². The molecule has 2 aliphatic carbocycles. The van der Waals surface area contributed by atoms with E-state index in [1.807, 2.05) is 96.1 Å². The summed E-state index contributed by atoms with van der Waals surface area (Å²) in [7, 11) is 0. The molecule has 2 aromatic carbocycles. The molecule has 3 aromatic rings. The average Bonchev–Trinajstić information content (AvgIpc) is 3.59. The second-order valence-corrected chi connectivity index (χ2v) is 15.1. The zero-order valence-corrected chi connectivity index (χ0v) is 35.9. The Balaban J connectivity index is 0.000000239. The molecule has 3 N–H and O–H groups in total. The van der Waals surface area contributed by atoms with Crippen LogP contribution in [-0.4, -0.2) is 71.2 Å². The van der Waals surface area contributed by atoms with Crippen LogP contribution >= 0.6 is 11.6 Å². The third-order valence-electron chi connectivity index (χ3n) is 9.03. The van der Waals surface area contributed by atoms with Gasteiger partial charge in [-0.3, -0.25) is 9.59 Å². The molecule has 1 saturated carbocycles. The van der Waals surface area contributed by atoms with Crippen molar-refractivity contribution in [1.82, 2.24) is 20.3 Å². The molecule has 58 heavy (non-hydrogen) atoms. The molecule has 3 unspecified atom stereocenters. The Hall–Kier alpha value is -5.43. The van der Waals surface area contributed by atoms with E-state index in [-0.39, 0.29) is 46.7 Å². The maximum Gasteiger partial charge on any atom is 0.407 e. The number of carbonyl (C=O) groups excluding carboxylic acids is 3. The molecule has 3 atom stereocenters. The number of aromatic nitrogens is 3. The fraction of sp³-hybridized carbons (Fsp3) is 0.455. The van der Waals surface area contributed by atoms with Gasteiger partial charge in [0.25, 0.3) is 0 Å². The number of para-hydroxylation sites is 1. The lowest BCUT2D eigenvalue weighted by atomic mass is 10.1. The molecule has 0 radical (unpaired) electrons. The monoisotopic (exact) mass is 818 g/mol. The van der Waals surface area contributed by atoms with E-state index in [1.165, 1.54) is 5.57 Å². The number of carbonyl (C=O) groups is 3. The summed E-state index contributed by atoms with van der Waals surface area (Å²) < 4.78 is 21.6. The maximum absolute atomic E-state index is 12.5. The number of esters is 1. The van der Waals surface area contributed by atoms with E-state index >= 15 is 0 Å². The van der Waals surface area contributed by atoms with Crippen molar-refractivity contribution >= 4 is 41.3 Å². The van der Waals surface area contributed by atoms with Crippen molar-refractivity contribution < 1.29 is 33.3 Å². The number of alkyl carbamates (subject to hydrolysis) is 1. The van der Waals surface area contributed by atoms with Gasteiger partial charge in [-0.2, -0.15) is 15.0 Å². The van der Waals surface area contributed by atoms with E-state index in [0.717, 1.165) is 29.2 Å². The highest BCUT2D eigenvalue weighted by Crippen LogP contribution is 2.60. The molecular weight excluding hydrogens is 760 g/mol. The minimum absolute atomic E-state index is 0.0570. The van der Waals surface area contributed by atoms with Crippen molar-refractivity contribution in [2.45, 2.75) is 87.3 Å². The fourth-order valence-electron chi connectivity index (χ4n) is 6.06. The van der Waals surface area contributed by atoms with Crippen LogP contribution in [0.4, 0.5) is 16.7 Å². The molecule has 1 aromatic heterocycles. The maximum atomic E-state index is 12.5. The molecule has 5 rings (SSSR count). The highest BCUT2D eigenvalue weighted by atomic mass is 35.5. The number of amides is 1. The summed E-state index contributed by atoms with van der Waals surface area (Å²) in [5, 5.41) is 8.81. The molecule has 13 nitrogen and oxygen atoms in total. The lowest BCUT2D eigenvalue weighted by Gasteiger charge is -2.13. The molecule has 1 heterocycles. The van der Waals surface area contributed by atoms with Crippen LogP contribution in [0.2, 0.25) is 5.28 Å². The van der Waals surface area contributed by atoms with Gasteiger partial charge in [-0.25, -0.2) is 4.79 Å². The van der Waals surface area contributed by atoms with Crippen molar-refractivity contribution in [3.63, 3.8) is 0 Å². The number of rotatable bonds is 16. The normalized spacial score (nSPS) is 17.4. The van der Waals surface area contributed by atoms with Crippen LogP contribution < -0.4 is 25.4 Å². The van der Waals surface area contributed by atoms with Gasteiger partial charge in [0.05, 0.1) is 25.5 Å². The summed E-state index contributed by atoms with van der Waals surface area (Å²) >= 11 is 5.73. The van der Waals surface area contributed by atoms with E-state index < -0.39 is 12.2 Å². The van der Waals surface area contributed by atoms with Gasteiger partial charge in [0.1, 0.15) is 30.0 Å². The largest absolute Gasteiger partial charge is 0.492 e. The quantitative estimate of drug-likeness (QED) is 0.0714. The van der Waals surface area contributed by atoms with Crippen LogP contribution in [0.25, 0.3) is 0 Å². The number of allylic oxidation sites excluding steroid dienone is 4. The Kier molecular flexibility index (Phi) is 18.7. The van der Waals surface area contributed by atoms with Gasteiger partial charge < -0.3 is 34.9 Å². The molecular formula is C44H59ClN6O7. The molecule has 14 heteroatoms. The summed E-state index contributed by atoms with van der Waals surface area (Å²) in [6, 6.07) is 17.1. The number of nitrogens with zero attached hydrogens (tertiary/aromatic N) is 3. The van der Waals surface area contributed by atoms with E-state index in [0.29, 0.717) is 43.8 Å². The van der Waals surface area contributed by atoms with Crippen molar-refractivity contribution in [2.75, 3.05) is 36.9 Å². The number of hydrogen-bond acceptors (Lipinski definition) is 12. The van der Waals surface area contributed by atoms with Crippen LogP contribution in [0.3, 0.4) is 0 Å². The number of Topliss-reactive ketones (excluding diaryl/α,β-unsaturated/α-hetero) is 1. The van der Waals surface area contributed by atoms with Gasteiger partial charge in [-0.05, 0) is 120 Å². The number of benzene rings is 2. The molecule has 1 amide bonds. The minimum Gasteiger partial charge on any atom is -0.492 e. The van der Waals surface area contributed by atoms with E-state index in [1.54, 1.807) is 13.0 Å². The standard InChI is InChI=1S/C19H26O3.C17H19NO4.C8H14ClN5/c1-7-8-13-12(4)16(10-15(13)20)22-18(21)17-14(9-11(2)3)19(17,5)6;1-2-20-17(19)18-12-13-21-14-8-10-16(11-9-14)22-15-6-4-3-5-7-15;1-4-10-7-12-6(9)13-8(14-7)11-5(2)3/h7,9,14,16-17H,1,8,10H2,2-6H3;3-11H,2,12-13H2,1H3,(H,18,19);5H,4H2,1-3H3,(H2,10,11,12,13,14). The third-order valence-corrected chi connectivity index (χ3v) is 9.20. The summed E-state index contributed by atoms with van der Waals surface area (Å²) in [5.41, 5.74) is 2.80. The van der Waals surface area contributed by atoms with E-state index in [2.05, 4.69) is 57.4 Å². The number of nitrogens with one attached hydrogen (secondary N) is 3. The Morgan fingerprint density at radius 2 is 1.62 bits per heavy atom. The lowest BCUT2D eigenvalue weighted by Crippen LogP contribution is -2.28. The average molecular weight is 819 g/mol. The lowest BCUT2D eigenvalue weighted by molar-refractivity contribution is -0.150. The van der Waals surface area contributed by atoms with Crippen molar-refractivity contribution in [2.24, 2.45) is 17.3 Å². The summed E-state index contributed by atoms with van der Waals surface area (Å²) in [4.78, 5) is 47.5.